The van der Waals surface area contributed by atoms with Gasteiger partial charge in [-0.3, -0.25) is 0 Å². The first-order valence-corrected chi connectivity index (χ1v) is 13.5. The second-order valence-electron chi connectivity index (χ2n) is 9.64. The van der Waals surface area contributed by atoms with Gasteiger partial charge in [0.1, 0.15) is 0 Å². The summed E-state index contributed by atoms with van der Waals surface area (Å²) in [5.41, 5.74) is 0.897. The van der Waals surface area contributed by atoms with E-state index < -0.39 is 14.1 Å². The van der Waals surface area contributed by atoms with E-state index in [1.165, 1.54) is 12.3 Å². The van der Waals surface area contributed by atoms with Crippen LogP contribution in [-0.2, 0) is 0 Å². The molecule has 0 amide bonds. The number of rotatable bonds is 0. The van der Waals surface area contributed by atoms with Gasteiger partial charge in [-0.05, 0) is 0 Å². The molecule has 0 aromatic heterocycles. The molecule has 0 bridgehead atoms. The molecular weight excluding hydrogens is 254 g/mol. The van der Waals surface area contributed by atoms with Crippen molar-refractivity contribution in [3.63, 3.8) is 0 Å². The zero-order valence-electron chi connectivity index (χ0n) is 14.4. The summed E-state index contributed by atoms with van der Waals surface area (Å²) in [5, 5.41) is 0.467. The monoisotopic (exact) mass is 290 g/mol. The Hall–Kier alpha value is 0.730. The van der Waals surface area contributed by atoms with E-state index in [0.717, 1.165) is 0 Å². The quantitative estimate of drug-likeness (QED) is 0.555. The van der Waals surface area contributed by atoms with Gasteiger partial charge < -0.3 is 0 Å². The normalized spacial score (nSPS) is 33.7. The number of hydrogen-bond acceptors (Lipinski definition) is 0. The Morgan fingerprint density at radius 3 is 1.83 bits per heavy atom. The van der Waals surface area contributed by atoms with E-state index in [0.29, 0.717) is 16.0 Å². The first-order chi connectivity index (χ1) is 7.62. The summed E-state index contributed by atoms with van der Waals surface area (Å²) in [6.07, 6.45) is 2.89. The fourth-order valence-electron chi connectivity index (χ4n) is 4.53. The van der Waals surface area contributed by atoms with Crippen LogP contribution in [0, 0.1) is 10.8 Å². The van der Waals surface area contributed by atoms with E-state index in [9.17, 15) is 0 Å². The maximum absolute atomic E-state index is 2.77. The van der Waals surface area contributed by atoms with Crippen LogP contribution in [-0.4, -0.2) is 49.9 Å². The predicted molar refractivity (Wildman–Crippen MR) is 96.4 cm³/mol. The molecule has 1 rings (SSSR count). The van der Waals surface area contributed by atoms with Crippen LogP contribution >= 0.6 is 14.1 Å². The van der Waals surface area contributed by atoms with Gasteiger partial charge in [-0.2, -0.15) is 0 Å². The van der Waals surface area contributed by atoms with E-state index in [2.05, 4.69) is 74.0 Å². The molecule has 0 spiro atoms. The zero-order valence-corrected chi connectivity index (χ0v) is 16.3. The van der Waals surface area contributed by atoms with Crippen LogP contribution in [0.1, 0.15) is 41.5 Å². The van der Waals surface area contributed by atoms with Crippen LogP contribution < -0.4 is 0 Å². The minimum absolute atomic E-state index is 0.372. The second kappa shape index (κ2) is 4.36. The predicted octanol–water partition coefficient (Wildman–Crippen LogP) is 4.92. The molecule has 0 N–H and O–H groups in total. The maximum atomic E-state index is 2.77. The van der Waals surface area contributed by atoms with Crippen molar-refractivity contribution in [3.05, 3.63) is 0 Å². The average Bonchev–Trinajstić information content (AvgIpc) is 1.93. The molecule has 0 nitrogen and oxygen atoms in total. The van der Waals surface area contributed by atoms with Gasteiger partial charge in [-0.1, -0.05) is 0 Å². The molecule has 0 unspecified atom stereocenters. The molecule has 0 atom stereocenters. The molecule has 110 valence electrons. The molecule has 0 aliphatic carbocycles. The van der Waals surface area contributed by atoms with Crippen LogP contribution in [0.15, 0.2) is 0 Å². The number of hydrogen-bond donors (Lipinski definition) is 0. The van der Waals surface area contributed by atoms with Crippen molar-refractivity contribution in [3.8, 4) is 0 Å². The molecule has 0 saturated carbocycles. The Kier molecular flexibility index (Phi) is 4.07. The fraction of sp³-hybridized carbons (Fsp3) is 0.938. The molecule has 18 heavy (non-hydrogen) atoms. The molecular formula is C16H36P2. The molecule has 2 heteroatoms. The third kappa shape index (κ3) is 3.07. The minimum atomic E-state index is -1.25. The van der Waals surface area contributed by atoms with Crippen molar-refractivity contribution in [1.29, 1.82) is 0 Å². The van der Waals surface area contributed by atoms with Crippen molar-refractivity contribution in [2.75, 3.05) is 39.0 Å². The van der Waals surface area contributed by atoms with Crippen LogP contribution in [0.3, 0.4) is 0 Å². The van der Waals surface area contributed by atoms with Gasteiger partial charge in [-0.25, -0.2) is 0 Å². The first-order valence-electron chi connectivity index (χ1n) is 7.32. The summed E-state index contributed by atoms with van der Waals surface area (Å²) in [4.78, 5) is 0. The van der Waals surface area contributed by atoms with E-state index >= 15 is 0 Å². The van der Waals surface area contributed by atoms with Gasteiger partial charge in [0.25, 0.3) is 0 Å². The first kappa shape index (κ1) is 16.8. The van der Waals surface area contributed by atoms with E-state index in [1.807, 2.05) is 0 Å². The van der Waals surface area contributed by atoms with Gasteiger partial charge in [0.05, 0.1) is 0 Å². The summed E-state index contributed by atoms with van der Waals surface area (Å²) < 4.78 is 0. The summed E-state index contributed by atoms with van der Waals surface area (Å²) in [6, 6.07) is 0. The second-order valence-corrected chi connectivity index (χ2v) is 19.1. The van der Waals surface area contributed by atoms with Gasteiger partial charge in [0.15, 0.2) is 0 Å². The topological polar surface area (TPSA) is 0 Å². The van der Waals surface area contributed by atoms with Crippen molar-refractivity contribution < 1.29 is 0 Å². The Morgan fingerprint density at radius 2 is 1.39 bits per heavy atom. The molecule has 0 aromatic carbocycles. The molecule has 0 fully saturated rings. The summed E-state index contributed by atoms with van der Waals surface area (Å²) >= 11 is 0. The van der Waals surface area contributed by atoms with E-state index in [-0.39, 0.29) is 0 Å². The SMILES string of the molecule is CC1(C)CP(C)(C)=CC(C)(C)C(C)(C)[PH](C)(C)C1. The van der Waals surface area contributed by atoms with Crippen LogP contribution in [0.4, 0.5) is 0 Å². The Bertz CT molecular complexity index is 378. The standard InChI is InChI=1S/C16H36P2/c1-14(2)11-17(7,8)13-15(3,4)16(5,6)18(9,10)12-14/h13,18H,11-12H2,1-10H3. The zero-order chi connectivity index (χ0) is 14.6. The summed E-state index contributed by atoms with van der Waals surface area (Å²) in [5.74, 6) is 2.77. The van der Waals surface area contributed by atoms with Crippen molar-refractivity contribution in [2.45, 2.75) is 46.7 Å². The van der Waals surface area contributed by atoms with Gasteiger partial charge in [0.2, 0.25) is 0 Å². The van der Waals surface area contributed by atoms with Gasteiger partial charge >= 0.3 is 116 Å². The van der Waals surface area contributed by atoms with Crippen LogP contribution in [0.25, 0.3) is 0 Å². The molecule has 1 aliphatic rings. The third-order valence-corrected chi connectivity index (χ3v) is 14.6. The van der Waals surface area contributed by atoms with Crippen LogP contribution in [0.5, 0.6) is 0 Å². The summed E-state index contributed by atoms with van der Waals surface area (Å²) in [6.45, 7) is 24.5. The fourth-order valence-corrected chi connectivity index (χ4v) is 14.1. The molecule has 1 heterocycles. The van der Waals surface area contributed by atoms with Gasteiger partial charge in [0, 0.05) is 0 Å². The molecule has 1 aliphatic heterocycles. The molecule has 0 saturated heterocycles. The Morgan fingerprint density at radius 1 is 0.944 bits per heavy atom. The third-order valence-electron chi connectivity index (χ3n) is 5.73. The Balaban J connectivity index is 3.48. The van der Waals surface area contributed by atoms with Crippen molar-refractivity contribution in [1.82, 2.24) is 0 Å². The molecule has 0 aromatic rings. The van der Waals surface area contributed by atoms with E-state index in [1.54, 1.807) is 0 Å². The van der Waals surface area contributed by atoms with E-state index in [4.69, 9.17) is 0 Å². The summed E-state index contributed by atoms with van der Waals surface area (Å²) in [7, 11) is -1.25. The van der Waals surface area contributed by atoms with Crippen molar-refractivity contribution >= 4 is 19.9 Å². The van der Waals surface area contributed by atoms with Crippen molar-refractivity contribution in [2.24, 2.45) is 10.8 Å². The Labute approximate surface area is 117 Å². The average molecular weight is 290 g/mol. The molecule has 0 radical (unpaired) electrons. The van der Waals surface area contributed by atoms with Gasteiger partial charge in [-0.15, -0.1) is 0 Å². The van der Waals surface area contributed by atoms with Crippen LogP contribution in [0.2, 0.25) is 0 Å².